The van der Waals surface area contributed by atoms with Crippen LogP contribution in [0.3, 0.4) is 0 Å². The first-order valence-electron chi connectivity index (χ1n) is 9.38. The molecular weight excluding hydrogens is 324 g/mol. The fraction of sp³-hybridized carbons (Fsp3) is 0.476. The molecule has 0 amide bonds. The van der Waals surface area contributed by atoms with Crippen LogP contribution in [0.2, 0.25) is 0 Å². The van der Waals surface area contributed by atoms with Gasteiger partial charge in [0.05, 0.1) is 7.11 Å². The van der Waals surface area contributed by atoms with Crippen LogP contribution in [0.1, 0.15) is 37.8 Å². The number of ether oxygens (including phenoxy) is 1. The number of piperidine rings is 1. The summed E-state index contributed by atoms with van der Waals surface area (Å²) in [4.78, 5) is 7.03. The van der Waals surface area contributed by atoms with E-state index in [0.717, 1.165) is 24.4 Å². The number of hydrogen-bond acceptors (Lipinski definition) is 5. The first-order chi connectivity index (χ1) is 12.6. The number of nitrogens with zero attached hydrogens (tertiary/aromatic N) is 2. The predicted octanol–water partition coefficient (Wildman–Crippen LogP) is 3.28. The highest BCUT2D eigenvalue weighted by molar-refractivity contribution is 5.41. The Labute approximate surface area is 157 Å². The molecule has 1 atom stereocenters. The van der Waals surface area contributed by atoms with Crippen molar-refractivity contribution in [1.29, 1.82) is 0 Å². The molecule has 26 heavy (non-hydrogen) atoms. The molecule has 1 aliphatic heterocycles. The van der Waals surface area contributed by atoms with E-state index >= 15 is 0 Å². The first kappa shape index (κ1) is 20.2. The molecule has 1 unspecified atom stereocenters. The summed E-state index contributed by atoms with van der Waals surface area (Å²) in [6.07, 6.45) is 5.46. The third-order valence-electron chi connectivity index (χ3n) is 4.96. The molecule has 1 aromatic heterocycles. The molecule has 0 bridgehead atoms. The second-order valence-electron chi connectivity index (χ2n) is 6.76. The highest BCUT2D eigenvalue weighted by Gasteiger charge is 2.23. The van der Waals surface area contributed by atoms with Crippen molar-refractivity contribution in [2.75, 3.05) is 32.5 Å². The Balaban J connectivity index is 0.000000228. The van der Waals surface area contributed by atoms with Gasteiger partial charge in [0, 0.05) is 29.5 Å². The summed E-state index contributed by atoms with van der Waals surface area (Å²) in [7, 11) is 1.63. The minimum atomic E-state index is 0.629. The summed E-state index contributed by atoms with van der Waals surface area (Å²) in [5.74, 6) is 1.49. The quantitative estimate of drug-likeness (QED) is 0.804. The number of methoxy groups -OCH3 is 1. The van der Waals surface area contributed by atoms with Gasteiger partial charge >= 0.3 is 0 Å². The molecular formula is C21H32N4O. The van der Waals surface area contributed by atoms with Crippen molar-refractivity contribution in [3.8, 4) is 5.75 Å². The average Bonchev–Trinajstić information content (AvgIpc) is 2.70. The largest absolute Gasteiger partial charge is 0.497 e. The number of rotatable bonds is 5. The molecule has 0 radical (unpaired) electrons. The number of anilines is 1. The van der Waals surface area contributed by atoms with Gasteiger partial charge in [0.2, 0.25) is 0 Å². The Hall–Kier alpha value is -2.11. The first-order valence-corrected chi connectivity index (χ1v) is 9.38. The number of likely N-dealkylation sites (tertiary alicyclic amines) is 1. The van der Waals surface area contributed by atoms with E-state index in [9.17, 15) is 0 Å². The zero-order valence-electron chi connectivity index (χ0n) is 16.0. The van der Waals surface area contributed by atoms with Crippen LogP contribution >= 0.6 is 0 Å². The number of nitrogens with two attached hydrogens (primary N) is 2. The molecule has 2 aromatic rings. The van der Waals surface area contributed by atoms with Gasteiger partial charge in [0.1, 0.15) is 5.75 Å². The van der Waals surface area contributed by atoms with Crippen molar-refractivity contribution in [3.05, 3.63) is 54.4 Å². The molecule has 142 valence electrons. The monoisotopic (exact) mass is 356 g/mol. The molecule has 5 heteroatoms. The van der Waals surface area contributed by atoms with E-state index < -0.39 is 0 Å². The smallest absolute Gasteiger partial charge is 0.119 e. The van der Waals surface area contributed by atoms with Crippen molar-refractivity contribution >= 4 is 5.69 Å². The molecule has 1 aromatic carbocycles. The fourth-order valence-electron chi connectivity index (χ4n) is 3.28. The molecule has 3 rings (SSSR count). The van der Waals surface area contributed by atoms with E-state index in [1.54, 1.807) is 19.2 Å². The van der Waals surface area contributed by atoms with Crippen molar-refractivity contribution in [2.24, 2.45) is 5.73 Å². The van der Waals surface area contributed by atoms with Gasteiger partial charge in [0.15, 0.2) is 0 Å². The van der Waals surface area contributed by atoms with Crippen molar-refractivity contribution in [3.63, 3.8) is 0 Å². The van der Waals surface area contributed by atoms with Gasteiger partial charge in [-0.3, -0.25) is 4.98 Å². The van der Waals surface area contributed by atoms with E-state index in [1.807, 2.05) is 24.4 Å². The lowest BCUT2D eigenvalue weighted by atomic mass is 9.92. The Morgan fingerprint density at radius 1 is 1.15 bits per heavy atom. The van der Waals surface area contributed by atoms with Gasteiger partial charge in [-0.2, -0.15) is 0 Å². The lowest BCUT2D eigenvalue weighted by Gasteiger charge is -2.35. The Morgan fingerprint density at radius 3 is 2.38 bits per heavy atom. The lowest BCUT2D eigenvalue weighted by Crippen LogP contribution is -2.40. The van der Waals surface area contributed by atoms with Crippen LogP contribution in [0.15, 0.2) is 48.7 Å². The maximum Gasteiger partial charge on any atom is 0.119 e. The van der Waals surface area contributed by atoms with E-state index in [1.165, 1.54) is 31.6 Å². The van der Waals surface area contributed by atoms with Crippen LogP contribution in [0.25, 0.3) is 0 Å². The predicted molar refractivity (Wildman–Crippen MR) is 108 cm³/mol. The Bertz CT molecular complexity index is 610. The van der Waals surface area contributed by atoms with E-state index in [0.29, 0.717) is 12.0 Å². The second-order valence-corrected chi connectivity index (χ2v) is 6.76. The second kappa shape index (κ2) is 10.8. The van der Waals surface area contributed by atoms with Crippen LogP contribution in [0, 0.1) is 0 Å². The minimum Gasteiger partial charge on any atom is -0.497 e. The molecule has 2 heterocycles. The minimum absolute atomic E-state index is 0.629. The van der Waals surface area contributed by atoms with Gasteiger partial charge in [-0.15, -0.1) is 0 Å². The maximum atomic E-state index is 5.62. The standard InChI is InChI=1S/C14H23N3.C7H9NO/c1-12(5-8-15)17-10-6-13(7-11-17)14-4-2-3-9-16-14;1-9-7-4-2-6(8)3-5-7/h2-4,9,12-13H,5-8,10-11,15H2,1H3;2-5H,8H2,1H3. The average molecular weight is 357 g/mol. The van der Waals surface area contributed by atoms with Gasteiger partial charge in [-0.25, -0.2) is 0 Å². The molecule has 0 aliphatic carbocycles. The van der Waals surface area contributed by atoms with Gasteiger partial charge in [-0.1, -0.05) is 6.07 Å². The van der Waals surface area contributed by atoms with E-state index in [4.69, 9.17) is 16.2 Å². The normalized spacial score (nSPS) is 16.4. The maximum absolute atomic E-state index is 5.62. The van der Waals surface area contributed by atoms with E-state index in [-0.39, 0.29) is 0 Å². The van der Waals surface area contributed by atoms with Gasteiger partial charge < -0.3 is 21.1 Å². The summed E-state index contributed by atoms with van der Waals surface area (Å²) in [5, 5.41) is 0. The highest BCUT2D eigenvalue weighted by atomic mass is 16.5. The van der Waals surface area contributed by atoms with Crippen LogP contribution in [-0.4, -0.2) is 42.7 Å². The Morgan fingerprint density at radius 2 is 1.85 bits per heavy atom. The number of benzene rings is 1. The molecule has 1 aliphatic rings. The topological polar surface area (TPSA) is 77.4 Å². The lowest BCUT2D eigenvalue weighted by molar-refractivity contribution is 0.155. The van der Waals surface area contributed by atoms with Crippen molar-refractivity contribution in [2.45, 2.75) is 38.1 Å². The molecule has 0 saturated carbocycles. The third-order valence-corrected chi connectivity index (χ3v) is 4.96. The fourth-order valence-corrected chi connectivity index (χ4v) is 3.28. The number of hydrogen-bond donors (Lipinski definition) is 2. The SMILES string of the molecule is CC(CCN)N1CCC(c2ccccn2)CC1.COc1ccc(N)cc1. The summed E-state index contributed by atoms with van der Waals surface area (Å²) in [5.41, 5.74) is 13.1. The van der Waals surface area contributed by atoms with Crippen molar-refractivity contribution in [1.82, 2.24) is 9.88 Å². The summed E-state index contributed by atoms with van der Waals surface area (Å²) >= 11 is 0. The molecule has 5 nitrogen and oxygen atoms in total. The number of nitrogen functional groups attached to an aromatic ring is 1. The van der Waals surface area contributed by atoms with E-state index in [2.05, 4.69) is 28.9 Å². The molecule has 0 spiro atoms. The highest BCUT2D eigenvalue weighted by Crippen LogP contribution is 2.27. The zero-order chi connectivity index (χ0) is 18.8. The Kier molecular flexibility index (Phi) is 8.38. The molecule has 4 N–H and O–H groups in total. The van der Waals surface area contributed by atoms with Gasteiger partial charge in [-0.05, 0) is 82.2 Å². The summed E-state index contributed by atoms with van der Waals surface area (Å²) in [6.45, 7) is 5.44. The third kappa shape index (κ3) is 6.32. The summed E-state index contributed by atoms with van der Waals surface area (Å²) < 4.78 is 4.91. The number of pyridine rings is 1. The molecule has 1 fully saturated rings. The van der Waals surface area contributed by atoms with Crippen LogP contribution in [-0.2, 0) is 0 Å². The summed E-state index contributed by atoms with van der Waals surface area (Å²) in [6, 6.07) is 14.1. The van der Waals surface area contributed by atoms with Crippen LogP contribution in [0.5, 0.6) is 5.75 Å². The number of aromatic nitrogens is 1. The van der Waals surface area contributed by atoms with Crippen molar-refractivity contribution < 1.29 is 4.74 Å². The molecule has 1 saturated heterocycles. The zero-order valence-corrected chi connectivity index (χ0v) is 16.0. The van der Waals surface area contributed by atoms with Crippen LogP contribution in [0.4, 0.5) is 5.69 Å². The van der Waals surface area contributed by atoms with Gasteiger partial charge in [0.25, 0.3) is 0 Å². The van der Waals surface area contributed by atoms with Crippen LogP contribution < -0.4 is 16.2 Å².